The van der Waals surface area contributed by atoms with E-state index in [0.29, 0.717) is 0 Å². The van der Waals surface area contributed by atoms with E-state index in [4.69, 9.17) is 0 Å². The highest BCUT2D eigenvalue weighted by molar-refractivity contribution is 5.59. The van der Waals surface area contributed by atoms with Crippen LogP contribution in [0.25, 0.3) is 0 Å². The molecule has 14 heteroatoms. The Morgan fingerprint density at radius 1 is 0.750 bits per heavy atom. The van der Waals surface area contributed by atoms with Gasteiger partial charge in [0, 0.05) is 0 Å². The van der Waals surface area contributed by atoms with Crippen LogP contribution >= 0.6 is 0 Å². The van der Waals surface area contributed by atoms with Gasteiger partial charge in [-0.3, -0.25) is 0 Å². The zero-order chi connectivity index (χ0) is 19.6. The summed E-state index contributed by atoms with van der Waals surface area (Å²) in [5, 5.41) is 0. The molecule has 0 bridgehead atoms. The van der Waals surface area contributed by atoms with Crippen LogP contribution in [0.3, 0.4) is 0 Å². The minimum atomic E-state index is -7.53. The van der Waals surface area contributed by atoms with Crippen molar-refractivity contribution in [2.24, 2.45) is 0 Å². The summed E-state index contributed by atoms with van der Waals surface area (Å²) < 4.78 is 145. The summed E-state index contributed by atoms with van der Waals surface area (Å²) in [5.41, 5.74) is 0. The summed E-state index contributed by atoms with van der Waals surface area (Å²) >= 11 is 0. The van der Waals surface area contributed by atoms with Crippen molar-refractivity contribution in [1.29, 1.82) is 0 Å². The van der Waals surface area contributed by atoms with Crippen molar-refractivity contribution in [2.45, 2.75) is 43.2 Å². The van der Waals surface area contributed by atoms with Crippen LogP contribution in [0.2, 0.25) is 0 Å². The average molecular weight is 386 g/mol. The Morgan fingerprint density at radius 2 is 1.21 bits per heavy atom. The van der Waals surface area contributed by atoms with Gasteiger partial charge in [0.25, 0.3) is 0 Å². The van der Waals surface area contributed by atoms with Gasteiger partial charge in [0.05, 0.1) is 6.61 Å². The molecule has 144 valence electrons. The van der Waals surface area contributed by atoms with E-state index in [1.54, 1.807) is 0 Å². The molecule has 0 spiro atoms. The van der Waals surface area contributed by atoms with E-state index >= 15 is 0 Å². The van der Waals surface area contributed by atoms with Crippen molar-refractivity contribution in [1.82, 2.24) is 0 Å². The molecule has 24 heavy (non-hydrogen) atoms. The van der Waals surface area contributed by atoms with E-state index in [1.165, 1.54) is 6.92 Å². The molecule has 0 aromatic carbocycles. The Bertz CT molecular complexity index is 444. The first-order valence-electron chi connectivity index (χ1n) is 5.83. The summed E-state index contributed by atoms with van der Waals surface area (Å²) in [7, 11) is 0. The van der Waals surface area contributed by atoms with Crippen LogP contribution < -0.4 is 0 Å². The lowest BCUT2D eigenvalue weighted by Crippen LogP contribution is -2.67. The molecule has 0 aromatic heterocycles. The Morgan fingerprint density at radius 3 is 1.58 bits per heavy atom. The molecular weight excluding hydrogens is 377 g/mol. The molecular formula is C10H9F11O3. The van der Waals surface area contributed by atoms with Crippen LogP contribution in [-0.2, 0) is 9.47 Å². The molecule has 0 radical (unpaired) electrons. The van der Waals surface area contributed by atoms with Gasteiger partial charge in [0.15, 0.2) is 6.61 Å². The number of rotatable bonds is 7. The summed E-state index contributed by atoms with van der Waals surface area (Å²) in [5.74, 6) is -28.5. The van der Waals surface area contributed by atoms with E-state index in [9.17, 15) is 53.1 Å². The maximum atomic E-state index is 13.0. The largest absolute Gasteiger partial charge is 0.508 e. The molecule has 0 rings (SSSR count). The van der Waals surface area contributed by atoms with Crippen molar-refractivity contribution in [2.75, 3.05) is 13.2 Å². The molecule has 0 unspecified atom stereocenters. The SMILES string of the molecule is CCCOC(=O)OCC(F)(F)C(F)(F)C(F)(F)C(F)(F)C(F)(F)F. The number of halogens is 11. The van der Waals surface area contributed by atoms with Crippen molar-refractivity contribution >= 4 is 6.16 Å². The first kappa shape index (κ1) is 22.5. The predicted octanol–water partition coefficient (Wildman–Crippen LogP) is 4.65. The van der Waals surface area contributed by atoms with Gasteiger partial charge in [-0.2, -0.15) is 48.3 Å². The minimum Gasteiger partial charge on any atom is -0.434 e. The lowest BCUT2D eigenvalue weighted by Gasteiger charge is -2.36. The fraction of sp³-hybridized carbons (Fsp3) is 0.900. The van der Waals surface area contributed by atoms with Crippen LogP contribution in [0, 0.1) is 0 Å². The Balaban J connectivity index is 5.42. The number of hydrogen-bond donors (Lipinski definition) is 0. The minimum absolute atomic E-state index is 0.123. The molecule has 0 saturated heterocycles. The molecule has 0 aromatic rings. The second-order valence-corrected chi connectivity index (χ2v) is 4.31. The van der Waals surface area contributed by atoms with E-state index < -0.39 is 49.2 Å². The Labute approximate surface area is 126 Å². The third kappa shape index (κ3) is 3.94. The predicted molar refractivity (Wildman–Crippen MR) is 53.4 cm³/mol. The number of alkyl halides is 11. The first-order valence-corrected chi connectivity index (χ1v) is 5.83. The van der Waals surface area contributed by atoms with Gasteiger partial charge >= 0.3 is 36.0 Å². The smallest absolute Gasteiger partial charge is 0.434 e. The number of carbonyl (C=O) groups is 1. The van der Waals surface area contributed by atoms with E-state index in [2.05, 4.69) is 9.47 Å². The maximum Gasteiger partial charge on any atom is 0.508 e. The number of carbonyl (C=O) groups excluding carboxylic acids is 1. The lowest BCUT2D eigenvalue weighted by atomic mass is 9.98. The van der Waals surface area contributed by atoms with Crippen molar-refractivity contribution in [3.63, 3.8) is 0 Å². The fourth-order valence-electron chi connectivity index (χ4n) is 1.07. The third-order valence-corrected chi connectivity index (χ3v) is 2.40. The fourth-order valence-corrected chi connectivity index (χ4v) is 1.07. The molecule has 0 saturated carbocycles. The van der Waals surface area contributed by atoms with E-state index in [1.807, 2.05) is 0 Å². The Kier molecular flexibility index (Phi) is 6.36. The molecule has 0 aliphatic heterocycles. The maximum absolute atomic E-state index is 13.0. The molecule has 0 aliphatic rings. The highest BCUT2D eigenvalue weighted by Gasteiger charge is 2.87. The van der Waals surface area contributed by atoms with Gasteiger partial charge in [0.2, 0.25) is 0 Å². The van der Waals surface area contributed by atoms with Crippen molar-refractivity contribution in [3.05, 3.63) is 0 Å². The molecule has 0 aliphatic carbocycles. The molecule has 0 heterocycles. The second kappa shape index (κ2) is 6.78. The molecule has 0 atom stereocenters. The average Bonchev–Trinajstić information content (AvgIpc) is 2.41. The molecule has 0 N–H and O–H groups in total. The zero-order valence-corrected chi connectivity index (χ0v) is 11.5. The molecule has 3 nitrogen and oxygen atoms in total. The van der Waals surface area contributed by atoms with Gasteiger partial charge in [-0.05, 0) is 6.42 Å². The normalized spacial score (nSPS) is 14.5. The van der Waals surface area contributed by atoms with Crippen LogP contribution in [0.15, 0.2) is 0 Å². The van der Waals surface area contributed by atoms with Crippen LogP contribution in [0.5, 0.6) is 0 Å². The molecule has 0 amide bonds. The van der Waals surface area contributed by atoms with Gasteiger partial charge in [-0.1, -0.05) is 6.92 Å². The van der Waals surface area contributed by atoms with Crippen LogP contribution in [0.1, 0.15) is 13.3 Å². The highest BCUT2D eigenvalue weighted by Crippen LogP contribution is 2.57. The summed E-state index contributed by atoms with van der Waals surface area (Å²) in [6.07, 6.45) is -9.15. The Hall–Kier alpha value is -1.50. The van der Waals surface area contributed by atoms with Gasteiger partial charge in [-0.25, -0.2) is 4.79 Å². The number of ether oxygens (including phenoxy) is 2. The highest BCUT2D eigenvalue weighted by atomic mass is 19.4. The lowest BCUT2D eigenvalue weighted by molar-refractivity contribution is -0.423. The van der Waals surface area contributed by atoms with Gasteiger partial charge in [-0.15, -0.1) is 0 Å². The van der Waals surface area contributed by atoms with Crippen LogP contribution in [0.4, 0.5) is 53.1 Å². The van der Waals surface area contributed by atoms with Crippen LogP contribution in [-0.4, -0.2) is 49.2 Å². The zero-order valence-electron chi connectivity index (χ0n) is 11.5. The quantitative estimate of drug-likeness (QED) is 0.472. The monoisotopic (exact) mass is 386 g/mol. The van der Waals surface area contributed by atoms with Crippen molar-refractivity contribution < 1.29 is 62.6 Å². The van der Waals surface area contributed by atoms with Gasteiger partial charge < -0.3 is 9.47 Å². The second-order valence-electron chi connectivity index (χ2n) is 4.31. The standard InChI is InChI=1S/C10H9F11O3/c1-2-3-23-5(22)24-4-6(11,12)7(13,14)8(15,16)9(17,18)10(19,20)21/h2-4H2,1H3. The molecule has 0 fully saturated rings. The van der Waals surface area contributed by atoms with Crippen molar-refractivity contribution in [3.8, 4) is 0 Å². The summed E-state index contributed by atoms with van der Waals surface area (Å²) in [6.45, 7) is -1.94. The third-order valence-electron chi connectivity index (χ3n) is 2.40. The first-order chi connectivity index (χ1) is 10.5. The van der Waals surface area contributed by atoms with E-state index in [-0.39, 0.29) is 6.42 Å². The van der Waals surface area contributed by atoms with E-state index in [0.717, 1.165) is 0 Å². The summed E-state index contributed by atoms with van der Waals surface area (Å²) in [4.78, 5) is 10.6. The van der Waals surface area contributed by atoms with Gasteiger partial charge in [0.1, 0.15) is 0 Å². The topological polar surface area (TPSA) is 35.5 Å². The summed E-state index contributed by atoms with van der Waals surface area (Å²) in [6, 6.07) is 0. The number of hydrogen-bond acceptors (Lipinski definition) is 3.